The highest BCUT2D eigenvalue weighted by Crippen LogP contribution is 2.25. The Morgan fingerprint density at radius 2 is 2.00 bits per heavy atom. The molecule has 2 aromatic carbocycles. The van der Waals surface area contributed by atoms with Crippen LogP contribution in [0.2, 0.25) is 5.02 Å². The molecule has 2 atom stereocenters. The summed E-state index contributed by atoms with van der Waals surface area (Å²) in [5.74, 6) is 2.16. The van der Waals surface area contributed by atoms with Gasteiger partial charge in [-0.2, -0.15) is 0 Å². The normalized spacial score (nSPS) is 12.7. The Hall–Kier alpha value is -2.25. The smallest absolute Gasteiger partial charge is 0.138 e. The molecular weight excluding hydrogens is 413 g/mol. The Morgan fingerprint density at radius 3 is 2.69 bits per heavy atom. The number of methoxy groups -OCH3 is 1. The molecule has 1 aromatic heterocycles. The van der Waals surface area contributed by atoms with Crippen LogP contribution in [0.1, 0.15) is 17.4 Å². The van der Waals surface area contributed by atoms with Gasteiger partial charge < -0.3 is 24.5 Å². The van der Waals surface area contributed by atoms with Crippen LogP contribution in [0.4, 0.5) is 0 Å². The van der Waals surface area contributed by atoms with E-state index >= 15 is 0 Å². The number of hydrogen-bond donors (Lipinski definition) is 2. The van der Waals surface area contributed by atoms with Crippen LogP contribution in [-0.2, 0) is 7.05 Å². The van der Waals surface area contributed by atoms with Crippen molar-refractivity contribution in [2.45, 2.75) is 12.1 Å². The molecule has 0 aliphatic rings. The van der Waals surface area contributed by atoms with Gasteiger partial charge in [0.05, 0.1) is 18.2 Å². The largest absolute Gasteiger partial charge is 0.497 e. The third-order valence-electron chi connectivity index (χ3n) is 4.37. The molecule has 0 aliphatic carbocycles. The zero-order valence-electron chi connectivity index (χ0n) is 16.3. The summed E-state index contributed by atoms with van der Waals surface area (Å²) in [6.07, 6.45) is 2.92. The Labute approximate surface area is 181 Å². The molecule has 3 rings (SSSR count). The quantitative estimate of drug-likeness (QED) is 0.534. The van der Waals surface area contributed by atoms with Crippen molar-refractivity contribution in [3.8, 4) is 11.5 Å². The number of aliphatic hydroxyl groups is 1. The van der Waals surface area contributed by atoms with E-state index < -0.39 is 6.10 Å². The van der Waals surface area contributed by atoms with Crippen molar-refractivity contribution in [3.05, 3.63) is 77.3 Å². The van der Waals surface area contributed by atoms with E-state index in [9.17, 15) is 5.11 Å². The fourth-order valence-corrected chi connectivity index (χ4v) is 3.09. The van der Waals surface area contributed by atoms with Gasteiger partial charge in [0.2, 0.25) is 0 Å². The van der Waals surface area contributed by atoms with E-state index in [2.05, 4.69) is 10.3 Å². The number of aromatic nitrogens is 2. The van der Waals surface area contributed by atoms with E-state index in [1.54, 1.807) is 25.4 Å². The van der Waals surface area contributed by atoms with Crippen molar-refractivity contribution in [1.29, 1.82) is 0 Å². The predicted octanol–water partition coefficient (Wildman–Crippen LogP) is 3.62. The Balaban J connectivity index is 0.00000300. The van der Waals surface area contributed by atoms with Gasteiger partial charge in [-0.05, 0) is 29.8 Å². The highest BCUT2D eigenvalue weighted by atomic mass is 35.5. The van der Waals surface area contributed by atoms with Gasteiger partial charge in [0.1, 0.15) is 30.0 Å². The second-order valence-corrected chi connectivity index (χ2v) is 6.82. The fourth-order valence-electron chi connectivity index (χ4n) is 2.90. The number of halogens is 2. The van der Waals surface area contributed by atoms with E-state index in [1.807, 2.05) is 54.2 Å². The van der Waals surface area contributed by atoms with Crippen molar-refractivity contribution in [3.63, 3.8) is 0 Å². The Morgan fingerprint density at radius 1 is 1.21 bits per heavy atom. The van der Waals surface area contributed by atoms with Crippen LogP contribution in [0.3, 0.4) is 0 Å². The Kier molecular flexibility index (Phi) is 8.79. The van der Waals surface area contributed by atoms with E-state index in [4.69, 9.17) is 21.1 Å². The van der Waals surface area contributed by atoms with Gasteiger partial charge in [0.15, 0.2) is 0 Å². The summed E-state index contributed by atoms with van der Waals surface area (Å²) >= 11 is 6.08. The van der Waals surface area contributed by atoms with Gasteiger partial charge in [0, 0.05) is 26.0 Å². The summed E-state index contributed by atoms with van der Waals surface area (Å²) < 4.78 is 12.9. The van der Waals surface area contributed by atoms with E-state index in [0.29, 0.717) is 17.3 Å². The zero-order chi connectivity index (χ0) is 19.9. The van der Waals surface area contributed by atoms with Gasteiger partial charge in [-0.3, -0.25) is 0 Å². The van der Waals surface area contributed by atoms with Crippen molar-refractivity contribution in [2.24, 2.45) is 7.05 Å². The first-order chi connectivity index (χ1) is 13.6. The first kappa shape index (κ1) is 23.0. The highest BCUT2D eigenvalue weighted by Gasteiger charge is 2.20. The molecule has 0 bridgehead atoms. The number of ether oxygens (including phenoxy) is 2. The van der Waals surface area contributed by atoms with Crippen LogP contribution >= 0.6 is 24.0 Å². The number of nitrogens with zero attached hydrogens (tertiary/aromatic N) is 2. The minimum atomic E-state index is -0.718. The molecule has 156 valence electrons. The van der Waals surface area contributed by atoms with Crippen molar-refractivity contribution < 1.29 is 14.6 Å². The number of aryl methyl sites for hydroxylation is 1. The second kappa shape index (κ2) is 11.1. The second-order valence-electron chi connectivity index (χ2n) is 6.41. The lowest BCUT2D eigenvalue weighted by Crippen LogP contribution is -2.35. The number of aliphatic hydroxyl groups excluding tert-OH is 1. The monoisotopic (exact) mass is 437 g/mol. The molecule has 0 fully saturated rings. The van der Waals surface area contributed by atoms with Crippen molar-refractivity contribution in [1.82, 2.24) is 14.9 Å². The molecule has 1 heterocycles. The van der Waals surface area contributed by atoms with Crippen LogP contribution in [-0.4, -0.2) is 41.0 Å². The molecule has 2 N–H and O–H groups in total. The average Bonchev–Trinajstić information content (AvgIpc) is 3.13. The summed E-state index contributed by atoms with van der Waals surface area (Å²) in [7, 11) is 3.58. The molecule has 0 radical (unpaired) electrons. The molecule has 0 saturated heterocycles. The molecule has 0 aliphatic heterocycles. The van der Waals surface area contributed by atoms with Crippen LogP contribution < -0.4 is 14.8 Å². The van der Waals surface area contributed by atoms with E-state index in [-0.39, 0.29) is 25.1 Å². The van der Waals surface area contributed by atoms with E-state index in [0.717, 1.165) is 17.1 Å². The minimum absolute atomic E-state index is 0. The lowest BCUT2D eigenvalue weighted by molar-refractivity contribution is 0.104. The summed E-state index contributed by atoms with van der Waals surface area (Å²) in [6.45, 7) is 0.446. The lowest BCUT2D eigenvalue weighted by atomic mass is 10.1. The van der Waals surface area contributed by atoms with Gasteiger partial charge >= 0.3 is 0 Å². The van der Waals surface area contributed by atoms with E-state index in [1.165, 1.54) is 0 Å². The first-order valence-corrected chi connectivity index (χ1v) is 9.36. The molecule has 2 unspecified atom stereocenters. The summed E-state index contributed by atoms with van der Waals surface area (Å²) in [6, 6.07) is 14.8. The first-order valence-electron chi connectivity index (χ1n) is 8.98. The molecule has 0 spiro atoms. The van der Waals surface area contributed by atoms with Gasteiger partial charge in [-0.25, -0.2) is 4.98 Å². The molecule has 8 heteroatoms. The number of hydrogen-bond acceptors (Lipinski definition) is 5. The van der Waals surface area contributed by atoms with Crippen molar-refractivity contribution >= 4 is 24.0 Å². The number of para-hydroxylation sites is 1. The predicted molar refractivity (Wildman–Crippen MR) is 116 cm³/mol. The average molecular weight is 438 g/mol. The van der Waals surface area contributed by atoms with Gasteiger partial charge in [0.25, 0.3) is 0 Å². The van der Waals surface area contributed by atoms with Gasteiger partial charge in [-0.1, -0.05) is 35.9 Å². The summed E-state index contributed by atoms with van der Waals surface area (Å²) in [4.78, 5) is 4.46. The molecule has 0 saturated carbocycles. The highest BCUT2D eigenvalue weighted by molar-refractivity contribution is 6.32. The fraction of sp³-hybridized carbons (Fsp3) is 0.286. The van der Waals surface area contributed by atoms with Crippen molar-refractivity contribution in [2.75, 3.05) is 20.3 Å². The number of nitrogens with one attached hydrogen (secondary N) is 1. The number of benzene rings is 2. The third-order valence-corrected chi connectivity index (χ3v) is 4.68. The standard InChI is InChI=1S/C21H24ClN3O3.ClH/c1-25-11-10-23-21(25)20(15-6-5-7-17(12-15)27-2)24-13-16(26)14-28-19-9-4-3-8-18(19)22;/h3-12,16,20,24,26H,13-14H2,1-2H3;1H. The summed E-state index contributed by atoms with van der Waals surface area (Å²) in [5, 5.41) is 14.3. The topological polar surface area (TPSA) is 68.5 Å². The molecule has 29 heavy (non-hydrogen) atoms. The van der Waals surface area contributed by atoms with Crippen LogP contribution in [0.5, 0.6) is 11.5 Å². The molecule has 6 nitrogen and oxygen atoms in total. The molecule has 3 aromatic rings. The maximum absolute atomic E-state index is 10.4. The van der Waals surface area contributed by atoms with Gasteiger partial charge in [-0.15, -0.1) is 12.4 Å². The molecule has 0 amide bonds. The summed E-state index contributed by atoms with van der Waals surface area (Å²) in [5.41, 5.74) is 0.993. The maximum atomic E-state index is 10.4. The molecular formula is C21H25Cl2N3O3. The maximum Gasteiger partial charge on any atom is 0.138 e. The zero-order valence-corrected chi connectivity index (χ0v) is 17.9. The van der Waals surface area contributed by atoms with Crippen LogP contribution in [0.25, 0.3) is 0 Å². The third kappa shape index (κ3) is 6.11. The number of imidazole rings is 1. The minimum Gasteiger partial charge on any atom is -0.497 e. The van der Waals surface area contributed by atoms with Crippen LogP contribution in [0, 0.1) is 0 Å². The SMILES string of the molecule is COc1cccc(C(NCC(O)COc2ccccc2Cl)c2nccn2C)c1.Cl. The van der Waals surface area contributed by atoms with Crippen LogP contribution in [0.15, 0.2) is 60.9 Å². The lowest BCUT2D eigenvalue weighted by Gasteiger charge is -2.22. The number of rotatable bonds is 9. The Bertz CT molecular complexity index is 904.